The summed E-state index contributed by atoms with van der Waals surface area (Å²) in [4.78, 5) is 54.4. The third-order valence-electron chi connectivity index (χ3n) is 9.90. The van der Waals surface area contributed by atoms with Crippen LogP contribution in [0.5, 0.6) is 0 Å². The lowest BCUT2D eigenvalue weighted by Gasteiger charge is -2.57. The molecule has 8 heteroatoms. The van der Waals surface area contributed by atoms with Gasteiger partial charge in [-0.1, -0.05) is 6.08 Å². The molecule has 2 atom stereocenters. The number of carbonyl (C=O) groups is 4. The Kier molecular flexibility index (Phi) is 7.88. The zero-order valence-corrected chi connectivity index (χ0v) is 23.1. The Morgan fingerprint density at radius 1 is 1.00 bits per heavy atom. The predicted octanol–water partition coefficient (Wildman–Crippen LogP) is 4.13. The van der Waals surface area contributed by atoms with Crippen molar-refractivity contribution in [2.24, 2.45) is 34.5 Å². The van der Waals surface area contributed by atoms with E-state index in [2.05, 4.69) is 5.32 Å². The molecule has 6 rings (SSSR count). The van der Waals surface area contributed by atoms with Gasteiger partial charge in [0.05, 0.1) is 13.2 Å². The van der Waals surface area contributed by atoms with E-state index in [-0.39, 0.29) is 62.1 Å². The fraction of sp³-hybridized carbons (Fsp3) is 0.800. The van der Waals surface area contributed by atoms with Crippen molar-refractivity contribution in [1.82, 2.24) is 10.2 Å². The Hall–Kier alpha value is -2.38. The quantitative estimate of drug-likeness (QED) is 0.428. The third kappa shape index (κ3) is 5.24. The molecule has 2 aliphatic heterocycles. The van der Waals surface area contributed by atoms with Crippen molar-refractivity contribution < 1.29 is 28.7 Å². The van der Waals surface area contributed by atoms with E-state index in [0.29, 0.717) is 18.8 Å². The van der Waals surface area contributed by atoms with Crippen LogP contribution in [0.4, 0.5) is 0 Å². The monoisotopic (exact) mass is 528 g/mol. The smallest absolute Gasteiger partial charge is 0.318 e. The molecule has 2 amide bonds. The highest BCUT2D eigenvalue weighted by Crippen LogP contribution is 2.59. The van der Waals surface area contributed by atoms with E-state index in [1.807, 2.05) is 6.08 Å². The normalized spacial score (nSPS) is 35.4. The molecule has 0 aromatic heterocycles. The van der Waals surface area contributed by atoms with Gasteiger partial charge in [0.1, 0.15) is 5.41 Å². The van der Waals surface area contributed by atoms with Crippen LogP contribution in [-0.2, 0) is 28.7 Å². The maximum atomic E-state index is 13.6. The number of hydrogen-bond donors (Lipinski definition) is 1. The lowest BCUT2D eigenvalue weighted by molar-refractivity contribution is -0.162. The molecule has 0 aromatic rings. The molecule has 4 aliphatic carbocycles. The number of allylic oxidation sites excluding steroid dienone is 1. The molecule has 6 aliphatic rings. The highest BCUT2D eigenvalue weighted by Gasteiger charge is 2.55. The van der Waals surface area contributed by atoms with Crippen LogP contribution < -0.4 is 5.32 Å². The van der Waals surface area contributed by atoms with Crippen LogP contribution in [0.3, 0.4) is 0 Å². The van der Waals surface area contributed by atoms with Crippen LogP contribution in [0.1, 0.15) is 90.9 Å². The summed E-state index contributed by atoms with van der Waals surface area (Å²) >= 11 is 0. The van der Waals surface area contributed by atoms with E-state index < -0.39 is 17.3 Å². The predicted molar refractivity (Wildman–Crippen MR) is 140 cm³/mol. The number of piperidine rings is 1. The number of amides is 2. The zero-order chi connectivity index (χ0) is 26.9. The number of nitrogens with one attached hydrogen (secondary N) is 1. The van der Waals surface area contributed by atoms with Crippen molar-refractivity contribution in [3.63, 3.8) is 0 Å². The van der Waals surface area contributed by atoms with Crippen molar-refractivity contribution in [3.05, 3.63) is 11.8 Å². The molecule has 5 fully saturated rings. The van der Waals surface area contributed by atoms with Gasteiger partial charge >= 0.3 is 11.9 Å². The highest BCUT2D eigenvalue weighted by atomic mass is 16.5. The van der Waals surface area contributed by atoms with Crippen LogP contribution in [0.25, 0.3) is 0 Å². The molecule has 1 saturated heterocycles. The van der Waals surface area contributed by atoms with Gasteiger partial charge < -0.3 is 19.7 Å². The fourth-order valence-electron chi connectivity index (χ4n) is 8.82. The minimum absolute atomic E-state index is 0.0511. The molecule has 0 unspecified atom stereocenters. The number of esters is 2. The molecule has 0 aromatic carbocycles. The van der Waals surface area contributed by atoms with Crippen molar-refractivity contribution in [1.29, 1.82) is 0 Å². The van der Waals surface area contributed by atoms with Gasteiger partial charge in [0, 0.05) is 37.5 Å². The Morgan fingerprint density at radius 2 is 1.66 bits per heavy atom. The van der Waals surface area contributed by atoms with Gasteiger partial charge in [-0.2, -0.15) is 0 Å². The van der Waals surface area contributed by atoms with Crippen LogP contribution in [0.15, 0.2) is 11.8 Å². The fourth-order valence-corrected chi connectivity index (χ4v) is 8.82. The van der Waals surface area contributed by atoms with Gasteiger partial charge in [0.15, 0.2) is 0 Å². The first-order valence-corrected chi connectivity index (χ1v) is 14.9. The van der Waals surface area contributed by atoms with Gasteiger partial charge in [-0.15, -0.1) is 0 Å². The van der Waals surface area contributed by atoms with Crippen molar-refractivity contribution in [2.75, 3.05) is 26.3 Å². The maximum absolute atomic E-state index is 13.6. The standard InChI is InChI=1S/C30H44N2O6/c1-3-37-26(34)8-9-30(28(36)38-4-2)18-23(27(35)32-10-6-5-7-24(30)32)14-25(33)31-19-29-15-20-11-21(16-29)13-22(12-20)17-29/h7,20-23H,3-6,8-19H2,1-2H3,(H,31,33)/t20?,21?,22?,23-,29?,30-/m1/s1. The van der Waals surface area contributed by atoms with Gasteiger partial charge in [-0.25, -0.2) is 0 Å². The zero-order valence-electron chi connectivity index (χ0n) is 23.1. The summed E-state index contributed by atoms with van der Waals surface area (Å²) in [6.07, 6.45) is 11.7. The highest BCUT2D eigenvalue weighted by molar-refractivity contribution is 5.92. The number of carbonyl (C=O) groups excluding carboxylic acids is 4. The molecular formula is C30H44N2O6. The Morgan fingerprint density at radius 3 is 2.29 bits per heavy atom. The van der Waals surface area contributed by atoms with E-state index in [1.165, 1.54) is 38.5 Å². The second-order valence-electron chi connectivity index (χ2n) is 12.6. The third-order valence-corrected chi connectivity index (χ3v) is 9.90. The minimum atomic E-state index is -1.14. The second kappa shape index (κ2) is 11.0. The summed E-state index contributed by atoms with van der Waals surface area (Å²) in [5.74, 6) is 0.789. The molecular weight excluding hydrogens is 484 g/mol. The first kappa shape index (κ1) is 27.2. The van der Waals surface area contributed by atoms with Crippen LogP contribution in [0.2, 0.25) is 0 Å². The molecule has 4 bridgehead atoms. The maximum Gasteiger partial charge on any atom is 0.318 e. The van der Waals surface area contributed by atoms with E-state index in [0.717, 1.165) is 30.6 Å². The SMILES string of the molecule is CCOC(=O)CC[C@@]1(C(=O)OCC)C[C@@H](CC(=O)NCC23CC4CC(CC(C4)C2)C3)C(=O)N2CCCC=C21. The average molecular weight is 529 g/mol. The summed E-state index contributed by atoms with van der Waals surface area (Å²) in [6, 6.07) is 0. The largest absolute Gasteiger partial charge is 0.466 e. The molecule has 2 heterocycles. The number of rotatable bonds is 10. The minimum Gasteiger partial charge on any atom is -0.466 e. The van der Waals surface area contributed by atoms with E-state index in [9.17, 15) is 19.2 Å². The molecule has 1 N–H and O–H groups in total. The lowest BCUT2D eigenvalue weighted by Crippen LogP contribution is -2.55. The molecule has 4 saturated carbocycles. The molecule has 210 valence electrons. The second-order valence-corrected chi connectivity index (χ2v) is 12.6. The summed E-state index contributed by atoms with van der Waals surface area (Å²) < 4.78 is 10.7. The first-order valence-electron chi connectivity index (χ1n) is 14.9. The van der Waals surface area contributed by atoms with E-state index in [4.69, 9.17) is 9.47 Å². The summed E-state index contributed by atoms with van der Waals surface area (Å²) in [5, 5.41) is 3.21. The summed E-state index contributed by atoms with van der Waals surface area (Å²) in [5.41, 5.74) is -0.276. The Labute approximate surface area is 226 Å². The van der Waals surface area contributed by atoms with Crippen molar-refractivity contribution in [3.8, 4) is 0 Å². The first-order chi connectivity index (χ1) is 18.3. The van der Waals surface area contributed by atoms with E-state index >= 15 is 0 Å². The van der Waals surface area contributed by atoms with Gasteiger partial charge in [0.25, 0.3) is 0 Å². The van der Waals surface area contributed by atoms with E-state index in [1.54, 1.807) is 18.7 Å². The van der Waals surface area contributed by atoms with Crippen molar-refractivity contribution >= 4 is 23.8 Å². The molecule has 38 heavy (non-hydrogen) atoms. The van der Waals surface area contributed by atoms with Crippen molar-refractivity contribution in [2.45, 2.75) is 90.9 Å². The Balaban J connectivity index is 1.31. The van der Waals surface area contributed by atoms with Gasteiger partial charge in [-0.05, 0) is 101 Å². The lowest BCUT2D eigenvalue weighted by atomic mass is 9.49. The van der Waals surface area contributed by atoms with Gasteiger partial charge in [0.2, 0.25) is 11.8 Å². The number of fused-ring (bicyclic) bond motifs is 1. The summed E-state index contributed by atoms with van der Waals surface area (Å²) in [6.45, 7) is 5.19. The topological polar surface area (TPSA) is 102 Å². The average Bonchev–Trinajstić information content (AvgIpc) is 2.88. The number of nitrogens with zero attached hydrogens (tertiary/aromatic N) is 1. The van der Waals surface area contributed by atoms with Crippen LogP contribution in [0, 0.1) is 34.5 Å². The number of hydrogen-bond acceptors (Lipinski definition) is 6. The summed E-state index contributed by atoms with van der Waals surface area (Å²) in [7, 11) is 0. The molecule has 0 spiro atoms. The molecule has 0 radical (unpaired) electrons. The van der Waals surface area contributed by atoms with Gasteiger partial charge in [-0.3, -0.25) is 19.2 Å². The van der Waals surface area contributed by atoms with Crippen LogP contribution >= 0.6 is 0 Å². The molecule has 8 nitrogen and oxygen atoms in total. The Bertz CT molecular complexity index is 954. The number of ether oxygens (including phenoxy) is 2. The van der Waals surface area contributed by atoms with Crippen LogP contribution in [-0.4, -0.2) is 55.0 Å².